The van der Waals surface area contributed by atoms with Crippen LogP contribution in [0.4, 0.5) is 0 Å². The number of rotatable bonds is 3. The van der Waals surface area contributed by atoms with Crippen LogP contribution in [-0.2, 0) is 6.42 Å². The summed E-state index contributed by atoms with van der Waals surface area (Å²) in [7, 11) is 2.72. The highest BCUT2D eigenvalue weighted by Crippen LogP contribution is 2.25. The largest absolute Gasteiger partial charge is 0.106 e. The van der Waals surface area contributed by atoms with Gasteiger partial charge in [0.25, 0.3) is 0 Å². The number of aryl methyl sites for hydroxylation is 1. The molecule has 1 heteroatoms. The average molecular weight is 290 g/mol. The SMILES string of the molecule is CCc1ccc(-c2ccc(-c3ccc(P)cc3)cc2)cc1. The van der Waals surface area contributed by atoms with Gasteiger partial charge in [-0.3, -0.25) is 0 Å². The molecule has 1 unspecified atom stereocenters. The van der Waals surface area contributed by atoms with Gasteiger partial charge in [-0.05, 0) is 39.5 Å². The molecule has 1 atom stereocenters. The van der Waals surface area contributed by atoms with E-state index in [-0.39, 0.29) is 0 Å². The molecule has 0 aliphatic heterocycles. The van der Waals surface area contributed by atoms with Crippen LogP contribution in [0.1, 0.15) is 12.5 Å². The average Bonchev–Trinajstić information content (AvgIpc) is 2.56. The first kappa shape index (κ1) is 14.0. The quantitative estimate of drug-likeness (QED) is 0.590. The van der Waals surface area contributed by atoms with Crippen LogP contribution in [0.15, 0.2) is 72.8 Å². The molecule has 0 aliphatic carbocycles. The van der Waals surface area contributed by atoms with Gasteiger partial charge in [0.05, 0.1) is 0 Å². The lowest BCUT2D eigenvalue weighted by molar-refractivity contribution is 1.14. The summed E-state index contributed by atoms with van der Waals surface area (Å²) >= 11 is 0. The first-order valence-corrected chi connectivity index (χ1v) is 7.89. The summed E-state index contributed by atoms with van der Waals surface area (Å²) in [6, 6.07) is 26.2. The third-order valence-corrected chi connectivity index (χ3v) is 4.21. The molecule has 0 N–H and O–H groups in total. The third-order valence-electron chi connectivity index (χ3n) is 3.82. The number of hydrogen-bond donors (Lipinski definition) is 0. The Morgan fingerprint density at radius 1 is 0.571 bits per heavy atom. The fraction of sp³-hybridized carbons (Fsp3) is 0.100. The van der Waals surface area contributed by atoms with Gasteiger partial charge in [-0.2, -0.15) is 0 Å². The zero-order valence-electron chi connectivity index (χ0n) is 12.2. The van der Waals surface area contributed by atoms with E-state index >= 15 is 0 Å². The van der Waals surface area contributed by atoms with Crippen molar-refractivity contribution >= 4 is 14.5 Å². The summed E-state index contributed by atoms with van der Waals surface area (Å²) in [5.41, 5.74) is 6.44. The first-order chi connectivity index (χ1) is 10.3. The molecule has 3 rings (SSSR count). The van der Waals surface area contributed by atoms with Crippen molar-refractivity contribution in [3.63, 3.8) is 0 Å². The predicted octanol–water partition coefficient (Wildman–Crippen LogP) is 5.08. The second kappa shape index (κ2) is 6.24. The molecular weight excluding hydrogens is 271 g/mol. The van der Waals surface area contributed by atoms with Crippen molar-refractivity contribution in [3.05, 3.63) is 78.4 Å². The van der Waals surface area contributed by atoms with Crippen molar-refractivity contribution in [1.82, 2.24) is 0 Å². The molecule has 0 aliphatic rings. The van der Waals surface area contributed by atoms with Gasteiger partial charge >= 0.3 is 0 Å². The standard InChI is InChI=1S/C20H19P/c1-2-15-3-5-16(6-4-15)17-7-9-18(10-8-17)19-11-13-20(21)14-12-19/h3-14H,2,21H2,1H3. The van der Waals surface area contributed by atoms with Gasteiger partial charge < -0.3 is 0 Å². The van der Waals surface area contributed by atoms with Crippen molar-refractivity contribution in [2.24, 2.45) is 0 Å². The molecule has 0 nitrogen and oxygen atoms in total. The molecule has 0 amide bonds. The van der Waals surface area contributed by atoms with E-state index in [2.05, 4.69) is 89.0 Å². The number of benzene rings is 3. The molecule has 0 saturated carbocycles. The van der Waals surface area contributed by atoms with E-state index in [1.54, 1.807) is 0 Å². The van der Waals surface area contributed by atoms with Crippen molar-refractivity contribution in [2.45, 2.75) is 13.3 Å². The molecule has 0 saturated heterocycles. The summed E-state index contributed by atoms with van der Waals surface area (Å²) in [5.74, 6) is 0. The normalized spacial score (nSPS) is 10.6. The molecule has 3 aromatic rings. The molecule has 0 spiro atoms. The van der Waals surface area contributed by atoms with Gasteiger partial charge in [0.1, 0.15) is 0 Å². The summed E-state index contributed by atoms with van der Waals surface area (Å²) < 4.78 is 0. The number of hydrogen-bond acceptors (Lipinski definition) is 0. The molecule has 3 aromatic carbocycles. The molecule has 0 heterocycles. The lowest BCUT2D eigenvalue weighted by Gasteiger charge is -2.06. The zero-order chi connectivity index (χ0) is 14.7. The smallest absolute Gasteiger partial charge is 0.0184 e. The van der Waals surface area contributed by atoms with E-state index in [1.165, 1.54) is 33.1 Å². The predicted molar refractivity (Wildman–Crippen MR) is 96.0 cm³/mol. The molecule has 0 fully saturated rings. The summed E-state index contributed by atoms with van der Waals surface area (Å²) in [6.45, 7) is 2.18. The maximum Gasteiger partial charge on any atom is -0.0184 e. The Kier molecular flexibility index (Phi) is 4.18. The summed E-state index contributed by atoms with van der Waals surface area (Å²) in [5, 5.41) is 1.21. The van der Waals surface area contributed by atoms with Gasteiger partial charge in [0.2, 0.25) is 0 Å². The molecule has 0 aromatic heterocycles. The van der Waals surface area contributed by atoms with Crippen LogP contribution in [0.5, 0.6) is 0 Å². The molecule has 104 valence electrons. The highest BCUT2D eigenvalue weighted by Gasteiger charge is 2.00. The van der Waals surface area contributed by atoms with E-state index in [0.717, 1.165) is 6.42 Å². The first-order valence-electron chi connectivity index (χ1n) is 7.31. The zero-order valence-corrected chi connectivity index (χ0v) is 13.4. The Morgan fingerprint density at radius 3 is 1.29 bits per heavy atom. The fourth-order valence-electron chi connectivity index (χ4n) is 2.46. The van der Waals surface area contributed by atoms with Crippen LogP contribution < -0.4 is 5.30 Å². The molecular formula is C20H19P. The lowest BCUT2D eigenvalue weighted by Crippen LogP contribution is -1.88. The van der Waals surface area contributed by atoms with E-state index in [4.69, 9.17) is 0 Å². The van der Waals surface area contributed by atoms with E-state index in [1.807, 2.05) is 0 Å². The second-order valence-electron chi connectivity index (χ2n) is 5.25. The van der Waals surface area contributed by atoms with Crippen LogP contribution in [0.3, 0.4) is 0 Å². The highest BCUT2D eigenvalue weighted by atomic mass is 31.0. The second-order valence-corrected chi connectivity index (χ2v) is 5.92. The topological polar surface area (TPSA) is 0 Å². The van der Waals surface area contributed by atoms with Gasteiger partial charge in [0.15, 0.2) is 0 Å². The summed E-state index contributed by atoms with van der Waals surface area (Å²) in [6.07, 6.45) is 1.09. The Bertz CT molecular complexity index is 707. The third kappa shape index (κ3) is 3.23. The van der Waals surface area contributed by atoms with Crippen molar-refractivity contribution < 1.29 is 0 Å². The molecule has 21 heavy (non-hydrogen) atoms. The van der Waals surface area contributed by atoms with E-state index in [0.29, 0.717) is 0 Å². The summed E-state index contributed by atoms with van der Waals surface area (Å²) in [4.78, 5) is 0. The van der Waals surface area contributed by atoms with Gasteiger partial charge in [-0.15, -0.1) is 9.24 Å². The Labute approximate surface area is 129 Å². The minimum atomic E-state index is 1.09. The molecule has 0 bridgehead atoms. The van der Waals surface area contributed by atoms with Crippen LogP contribution in [-0.4, -0.2) is 0 Å². The fourth-order valence-corrected chi connectivity index (χ4v) is 2.66. The van der Waals surface area contributed by atoms with Crippen LogP contribution in [0, 0.1) is 0 Å². The maximum atomic E-state index is 2.72. The van der Waals surface area contributed by atoms with Crippen molar-refractivity contribution in [2.75, 3.05) is 0 Å². The van der Waals surface area contributed by atoms with Gasteiger partial charge in [0, 0.05) is 0 Å². The minimum absolute atomic E-state index is 1.09. The van der Waals surface area contributed by atoms with Crippen LogP contribution in [0.2, 0.25) is 0 Å². The molecule has 0 radical (unpaired) electrons. The van der Waals surface area contributed by atoms with Gasteiger partial charge in [-0.25, -0.2) is 0 Å². The maximum absolute atomic E-state index is 2.72. The minimum Gasteiger partial charge on any atom is -0.106 e. The van der Waals surface area contributed by atoms with Crippen LogP contribution >= 0.6 is 9.24 Å². The van der Waals surface area contributed by atoms with E-state index in [9.17, 15) is 0 Å². The van der Waals surface area contributed by atoms with Crippen molar-refractivity contribution in [3.8, 4) is 22.3 Å². The Morgan fingerprint density at radius 2 is 0.905 bits per heavy atom. The van der Waals surface area contributed by atoms with Crippen LogP contribution in [0.25, 0.3) is 22.3 Å². The monoisotopic (exact) mass is 290 g/mol. The highest BCUT2D eigenvalue weighted by molar-refractivity contribution is 7.27. The Balaban J connectivity index is 1.87. The Hall–Kier alpha value is -1.91. The van der Waals surface area contributed by atoms with Crippen molar-refractivity contribution in [1.29, 1.82) is 0 Å². The lowest BCUT2D eigenvalue weighted by atomic mass is 9.99. The van der Waals surface area contributed by atoms with E-state index < -0.39 is 0 Å². The van der Waals surface area contributed by atoms with Gasteiger partial charge in [-0.1, -0.05) is 79.7 Å².